The van der Waals surface area contributed by atoms with Crippen LogP contribution in [-0.2, 0) is 6.54 Å². The van der Waals surface area contributed by atoms with Gasteiger partial charge in [-0.2, -0.15) is 0 Å². The minimum Gasteiger partial charge on any atom is -0.460 e. The van der Waals surface area contributed by atoms with Crippen molar-refractivity contribution < 1.29 is 4.42 Å². The Labute approximate surface area is 119 Å². The summed E-state index contributed by atoms with van der Waals surface area (Å²) in [5.41, 5.74) is 1.05. The van der Waals surface area contributed by atoms with Gasteiger partial charge in [-0.15, -0.1) is 12.4 Å². The summed E-state index contributed by atoms with van der Waals surface area (Å²) >= 11 is 5.85. The van der Waals surface area contributed by atoms with E-state index >= 15 is 0 Å². The van der Waals surface area contributed by atoms with Crippen molar-refractivity contribution in [2.45, 2.75) is 26.4 Å². The van der Waals surface area contributed by atoms with Gasteiger partial charge in [-0.05, 0) is 36.4 Å². The van der Waals surface area contributed by atoms with Crippen LogP contribution in [0, 0.1) is 0 Å². The zero-order valence-corrected chi connectivity index (χ0v) is 12.0. The molecule has 18 heavy (non-hydrogen) atoms. The van der Waals surface area contributed by atoms with Crippen LogP contribution in [-0.4, -0.2) is 6.04 Å². The third-order valence-electron chi connectivity index (χ3n) is 2.47. The minimum absolute atomic E-state index is 0. The molecule has 2 aromatic rings. The Hall–Kier alpha value is -0.960. The third-order valence-corrected chi connectivity index (χ3v) is 2.73. The molecule has 0 bridgehead atoms. The topological polar surface area (TPSA) is 25.2 Å². The Morgan fingerprint density at radius 1 is 1.11 bits per heavy atom. The van der Waals surface area contributed by atoms with E-state index in [1.807, 2.05) is 36.4 Å². The van der Waals surface area contributed by atoms with Crippen molar-refractivity contribution in [3.05, 3.63) is 47.2 Å². The fraction of sp³-hybridized carbons (Fsp3) is 0.286. The molecule has 98 valence electrons. The largest absolute Gasteiger partial charge is 0.460 e. The van der Waals surface area contributed by atoms with Crippen molar-refractivity contribution in [3.8, 4) is 11.3 Å². The van der Waals surface area contributed by atoms with Crippen LogP contribution >= 0.6 is 24.0 Å². The molecule has 0 atom stereocenters. The SMILES string of the molecule is CC(C)NCc1ccc(-c2ccc(Cl)cc2)o1.Cl. The molecule has 2 nitrogen and oxygen atoms in total. The maximum Gasteiger partial charge on any atom is 0.134 e. The predicted octanol–water partition coefficient (Wildman–Crippen LogP) is 4.52. The molecule has 1 N–H and O–H groups in total. The monoisotopic (exact) mass is 285 g/mol. The Bertz CT molecular complexity index is 477. The van der Waals surface area contributed by atoms with Gasteiger partial charge in [-0.25, -0.2) is 0 Å². The molecule has 0 fully saturated rings. The lowest BCUT2D eigenvalue weighted by molar-refractivity contribution is 0.473. The second kappa shape index (κ2) is 6.83. The van der Waals surface area contributed by atoms with Crippen molar-refractivity contribution in [1.29, 1.82) is 0 Å². The molecule has 0 spiro atoms. The summed E-state index contributed by atoms with van der Waals surface area (Å²) in [5.74, 6) is 1.82. The summed E-state index contributed by atoms with van der Waals surface area (Å²) in [5, 5.41) is 4.06. The lowest BCUT2D eigenvalue weighted by atomic mass is 10.2. The van der Waals surface area contributed by atoms with E-state index in [-0.39, 0.29) is 12.4 Å². The summed E-state index contributed by atoms with van der Waals surface area (Å²) in [6, 6.07) is 12.1. The van der Waals surface area contributed by atoms with Gasteiger partial charge in [-0.3, -0.25) is 0 Å². The van der Waals surface area contributed by atoms with Crippen LogP contribution in [0.2, 0.25) is 5.02 Å². The van der Waals surface area contributed by atoms with Gasteiger partial charge in [0, 0.05) is 16.6 Å². The predicted molar refractivity (Wildman–Crippen MR) is 78.4 cm³/mol. The van der Waals surface area contributed by atoms with Gasteiger partial charge in [0.25, 0.3) is 0 Å². The van der Waals surface area contributed by atoms with Gasteiger partial charge in [0.15, 0.2) is 0 Å². The maximum atomic E-state index is 5.85. The van der Waals surface area contributed by atoms with Crippen LogP contribution in [0.4, 0.5) is 0 Å². The van der Waals surface area contributed by atoms with Crippen LogP contribution in [0.25, 0.3) is 11.3 Å². The average molecular weight is 286 g/mol. The fourth-order valence-electron chi connectivity index (χ4n) is 1.55. The van der Waals surface area contributed by atoms with Crippen molar-refractivity contribution >= 4 is 24.0 Å². The molecular formula is C14H17Cl2NO. The lowest BCUT2D eigenvalue weighted by Gasteiger charge is -2.05. The number of furan rings is 1. The van der Waals surface area contributed by atoms with Gasteiger partial charge in [0.2, 0.25) is 0 Å². The molecule has 0 saturated carbocycles. The van der Waals surface area contributed by atoms with E-state index in [1.165, 1.54) is 0 Å². The van der Waals surface area contributed by atoms with Crippen molar-refractivity contribution in [2.24, 2.45) is 0 Å². The van der Waals surface area contributed by atoms with Gasteiger partial charge in [0.05, 0.1) is 6.54 Å². The first-order chi connectivity index (χ1) is 8.15. The van der Waals surface area contributed by atoms with E-state index in [4.69, 9.17) is 16.0 Å². The molecule has 0 aliphatic carbocycles. The number of hydrogen-bond acceptors (Lipinski definition) is 2. The molecule has 1 aromatic carbocycles. The van der Waals surface area contributed by atoms with E-state index in [1.54, 1.807) is 0 Å². The number of hydrogen-bond donors (Lipinski definition) is 1. The van der Waals surface area contributed by atoms with Crippen LogP contribution in [0.3, 0.4) is 0 Å². The summed E-state index contributed by atoms with van der Waals surface area (Å²) in [6.45, 7) is 4.98. The molecule has 0 amide bonds. The molecule has 1 heterocycles. The maximum absolute atomic E-state index is 5.85. The number of halogens is 2. The van der Waals surface area contributed by atoms with Gasteiger partial charge < -0.3 is 9.73 Å². The number of nitrogens with one attached hydrogen (secondary N) is 1. The number of benzene rings is 1. The minimum atomic E-state index is 0. The molecule has 2 rings (SSSR count). The molecule has 1 aromatic heterocycles. The standard InChI is InChI=1S/C14H16ClNO.ClH/c1-10(2)16-9-13-7-8-14(17-13)11-3-5-12(15)6-4-11;/h3-8,10,16H,9H2,1-2H3;1H. The highest BCUT2D eigenvalue weighted by Crippen LogP contribution is 2.23. The smallest absolute Gasteiger partial charge is 0.134 e. The fourth-order valence-corrected chi connectivity index (χ4v) is 1.67. The summed E-state index contributed by atoms with van der Waals surface area (Å²) in [7, 11) is 0. The second-order valence-electron chi connectivity index (χ2n) is 4.31. The van der Waals surface area contributed by atoms with Crippen molar-refractivity contribution in [1.82, 2.24) is 5.32 Å². The van der Waals surface area contributed by atoms with Crippen LogP contribution in [0.15, 0.2) is 40.8 Å². The highest BCUT2D eigenvalue weighted by Gasteiger charge is 2.04. The van der Waals surface area contributed by atoms with Gasteiger partial charge >= 0.3 is 0 Å². The quantitative estimate of drug-likeness (QED) is 0.894. The summed E-state index contributed by atoms with van der Waals surface area (Å²) in [4.78, 5) is 0. The van der Waals surface area contributed by atoms with Crippen LogP contribution < -0.4 is 5.32 Å². The normalized spacial score (nSPS) is 10.4. The molecule has 0 aliphatic rings. The average Bonchev–Trinajstić information content (AvgIpc) is 2.76. The van der Waals surface area contributed by atoms with Crippen LogP contribution in [0.5, 0.6) is 0 Å². The Morgan fingerprint density at radius 3 is 2.39 bits per heavy atom. The highest BCUT2D eigenvalue weighted by molar-refractivity contribution is 6.30. The Morgan fingerprint density at radius 2 is 1.78 bits per heavy atom. The molecule has 0 saturated heterocycles. The Kier molecular flexibility index (Phi) is 5.73. The van der Waals surface area contributed by atoms with E-state index in [9.17, 15) is 0 Å². The van der Waals surface area contributed by atoms with Gasteiger partial charge in [0.1, 0.15) is 11.5 Å². The Balaban J connectivity index is 0.00000162. The van der Waals surface area contributed by atoms with E-state index in [2.05, 4.69) is 19.2 Å². The molecule has 0 radical (unpaired) electrons. The molecule has 0 aliphatic heterocycles. The summed E-state index contributed by atoms with van der Waals surface area (Å²) < 4.78 is 5.75. The number of rotatable bonds is 4. The third kappa shape index (κ3) is 4.05. The first-order valence-electron chi connectivity index (χ1n) is 5.73. The van der Waals surface area contributed by atoms with Crippen molar-refractivity contribution in [2.75, 3.05) is 0 Å². The van der Waals surface area contributed by atoms with E-state index in [0.717, 1.165) is 28.7 Å². The highest BCUT2D eigenvalue weighted by atomic mass is 35.5. The lowest BCUT2D eigenvalue weighted by Crippen LogP contribution is -2.21. The second-order valence-corrected chi connectivity index (χ2v) is 4.74. The van der Waals surface area contributed by atoms with Crippen LogP contribution in [0.1, 0.15) is 19.6 Å². The molecule has 4 heteroatoms. The first-order valence-corrected chi connectivity index (χ1v) is 6.11. The summed E-state index contributed by atoms with van der Waals surface area (Å²) in [6.07, 6.45) is 0. The molecular weight excluding hydrogens is 269 g/mol. The van der Waals surface area contributed by atoms with E-state index < -0.39 is 0 Å². The zero-order chi connectivity index (χ0) is 12.3. The van der Waals surface area contributed by atoms with Gasteiger partial charge in [-0.1, -0.05) is 25.4 Å². The van der Waals surface area contributed by atoms with E-state index in [0.29, 0.717) is 6.04 Å². The first kappa shape index (κ1) is 15.1. The van der Waals surface area contributed by atoms with Crippen molar-refractivity contribution in [3.63, 3.8) is 0 Å². The zero-order valence-electron chi connectivity index (χ0n) is 10.4. The molecule has 0 unspecified atom stereocenters.